The van der Waals surface area contributed by atoms with Crippen molar-refractivity contribution in [3.63, 3.8) is 0 Å². The molecule has 4 heteroatoms. The summed E-state index contributed by atoms with van der Waals surface area (Å²) in [5.74, 6) is 0. The van der Waals surface area contributed by atoms with Crippen LogP contribution in [0.3, 0.4) is 0 Å². The van der Waals surface area contributed by atoms with Crippen LogP contribution in [0.1, 0.15) is 32.1 Å². The van der Waals surface area contributed by atoms with Crippen molar-refractivity contribution in [2.24, 2.45) is 0 Å². The topological polar surface area (TPSA) is 0 Å². The molecule has 1 saturated carbocycles. The van der Waals surface area contributed by atoms with Gasteiger partial charge in [0.15, 0.2) is 0 Å². The van der Waals surface area contributed by atoms with Crippen LogP contribution in [-0.2, 0) is 0 Å². The van der Waals surface area contributed by atoms with E-state index in [1.807, 2.05) is 0 Å². The summed E-state index contributed by atoms with van der Waals surface area (Å²) in [6.45, 7) is 0. The van der Waals surface area contributed by atoms with Gasteiger partial charge < -0.3 is 0 Å². The molecule has 1 rings (SSSR count). The van der Waals surface area contributed by atoms with E-state index in [0.717, 1.165) is 5.66 Å². The number of halogens is 2. The van der Waals surface area contributed by atoms with Gasteiger partial charge in [0.05, 0.1) is 0 Å². The molecule has 0 amide bonds. The zero-order valence-corrected chi connectivity index (χ0v) is 12.6. The summed E-state index contributed by atoms with van der Waals surface area (Å²) in [4.78, 5) is 0. The van der Waals surface area contributed by atoms with Gasteiger partial charge in [-0.1, -0.05) is 0 Å². The van der Waals surface area contributed by atoms with Crippen LogP contribution in [0.5, 0.6) is 0 Å². The van der Waals surface area contributed by atoms with E-state index < -0.39 is 0.793 Å². The van der Waals surface area contributed by atoms with E-state index in [0.29, 0.717) is 0 Å². The van der Waals surface area contributed by atoms with Crippen LogP contribution >= 0.6 is 44.9 Å². The van der Waals surface area contributed by atoms with Gasteiger partial charge in [0, 0.05) is 0 Å². The van der Waals surface area contributed by atoms with Crippen LogP contribution in [0, 0.1) is 0 Å². The molecule has 1 aliphatic rings. The first-order valence-corrected chi connectivity index (χ1v) is 13.2. The van der Waals surface area contributed by atoms with Gasteiger partial charge in [0.2, 0.25) is 0 Å². The third kappa shape index (κ3) is 3.42. The summed E-state index contributed by atoms with van der Waals surface area (Å²) >= 11 is 8.65. The fourth-order valence-electron chi connectivity index (χ4n) is 1.38. The first-order valence-electron chi connectivity index (χ1n) is 3.60. The molecule has 1 aliphatic carbocycles. The zero-order chi connectivity index (χ0) is 7.61. The first-order chi connectivity index (χ1) is 4.61. The molecule has 0 aromatic heterocycles. The quantitative estimate of drug-likeness (QED) is 0.323. The van der Waals surface area contributed by atoms with Crippen molar-refractivity contribution in [3.05, 3.63) is 0 Å². The molecular formula is C6H11I2PSe. The molecular weight excluding hydrogens is 436 g/mol. The average Bonchev–Trinajstić information content (AvgIpc) is 1.88. The summed E-state index contributed by atoms with van der Waals surface area (Å²) in [6, 6.07) is 0. The summed E-state index contributed by atoms with van der Waals surface area (Å²) < 4.78 is -0.676. The van der Waals surface area contributed by atoms with Crippen molar-refractivity contribution in [2.75, 3.05) is 0 Å². The maximum absolute atomic E-state index is 3.37. The third-order valence-corrected chi connectivity index (χ3v) is 9.97. The van der Waals surface area contributed by atoms with E-state index in [1.165, 1.54) is 32.1 Å². The van der Waals surface area contributed by atoms with Gasteiger partial charge in [0.25, 0.3) is 0 Å². The second-order valence-electron chi connectivity index (χ2n) is 2.79. The Morgan fingerprint density at radius 1 is 1.10 bits per heavy atom. The Morgan fingerprint density at radius 2 is 1.60 bits per heavy atom. The molecule has 0 bridgehead atoms. The fraction of sp³-hybridized carbons (Fsp3) is 1.00. The van der Waals surface area contributed by atoms with E-state index >= 15 is 0 Å². The molecule has 0 aromatic rings. The summed E-state index contributed by atoms with van der Waals surface area (Å²) in [7, 11) is 0. The molecule has 0 nitrogen and oxygen atoms in total. The van der Waals surface area contributed by atoms with E-state index in [1.54, 1.807) is 0 Å². The van der Waals surface area contributed by atoms with Crippen molar-refractivity contribution in [1.82, 2.24) is 0 Å². The Hall–Kier alpha value is 2.41. The van der Waals surface area contributed by atoms with E-state index in [4.69, 9.17) is 0 Å². The number of hydrogen-bond acceptors (Lipinski definition) is 0. The van der Waals surface area contributed by atoms with Gasteiger partial charge in [-0.2, -0.15) is 0 Å². The molecule has 0 heterocycles. The van der Waals surface area contributed by atoms with E-state index in [-0.39, 0.29) is 0 Å². The predicted octanol–water partition coefficient (Wildman–Crippen LogP) is 4.12. The minimum atomic E-state index is -0.676. The van der Waals surface area contributed by atoms with Crippen LogP contribution in [0.25, 0.3) is 0 Å². The summed E-state index contributed by atoms with van der Waals surface area (Å²) in [5.41, 5.74) is 1.03. The number of rotatable bonds is 1. The van der Waals surface area contributed by atoms with Gasteiger partial charge in [0.1, 0.15) is 0 Å². The van der Waals surface area contributed by atoms with E-state index in [2.05, 4.69) is 59.2 Å². The summed E-state index contributed by atoms with van der Waals surface area (Å²) in [6.07, 6.45) is 7.38. The predicted molar refractivity (Wildman–Crippen MR) is 67.6 cm³/mol. The van der Waals surface area contributed by atoms with Crippen LogP contribution in [0.15, 0.2) is 0 Å². The SMILES string of the molecule is [Se]=P(I)(I)C1CCCCC1. The Morgan fingerprint density at radius 3 is 1.90 bits per heavy atom. The molecule has 0 N–H and O–H groups in total. The second-order valence-corrected chi connectivity index (χ2v) is 31.7. The molecule has 0 radical (unpaired) electrons. The Balaban J connectivity index is 2.47. The van der Waals surface area contributed by atoms with Crippen LogP contribution in [0.2, 0.25) is 0 Å². The average molecular weight is 447 g/mol. The van der Waals surface area contributed by atoms with Gasteiger partial charge in [-0.05, 0) is 0 Å². The molecule has 0 aromatic carbocycles. The molecule has 0 atom stereocenters. The first kappa shape index (κ1) is 10.5. The molecule has 1 fully saturated rings. The number of hydrogen-bond donors (Lipinski definition) is 0. The van der Waals surface area contributed by atoms with Crippen molar-refractivity contribution in [1.29, 1.82) is 0 Å². The molecule has 0 unspecified atom stereocenters. The van der Waals surface area contributed by atoms with Gasteiger partial charge in [-0.15, -0.1) is 0 Å². The maximum atomic E-state index is 3.37. The summed E-state index contributed by atoms with van der Waals surface area (Å²) in [5, 5.41) is 0. The normalized spacial score (nSPS) is 23.0. The fourth-order valence-corrected chi connectivity index (χ4v) is 7.02. The molecule has 0 spiro atoms. The Bertz CT molecular complexity index is 148. The Labute approximate surface area is 96.5 Å². The molecule has 0 saturated heterocycles. The Kier molecular flexibility index (Phi) is 4.82. The molecule has 10 heavy (non-hydrogen) atoms. The third-order valence-electron chi connectivity index (χ3n) is 2.00. The van der Waals surface area contributed by atoms with Crippen LogP contribution in [-0.4, -0.2) is 20.8 Å². The van der Waals surface area contributed by atoms with Crippen molar-refractivity contribution < 1.29 is 0 Å². The van der Waals surface area contributed by atoms with Crippen molar-refractivity contribution in [2.45, 2.75) is 37.8 Å². The molecule has 60 valence electrons. The standard InChI is InChI=1S/C6H11I2PSe/c7-9(8,10)6-4-2-1-3-5-6/h6H,1-5H2. The van der Waals surface area contributed by atoms with Crippen molar-refractivity contribution in [3.8, 4) is 0 Å². The van der Waals surface area contributed by atoms with Crippen LogP contribution < -0.4 is 0 Å². The monoisotopic (exact) mass is 448 g/mol. The van der Waals surface area contributed by atoms with Gasteiger partial charge >= 0.3 is 97.7 Å². The van der Waals surface area contributed by atoms with Crippen LogP contribution in [0.4, 0.5) is 0 Å². The van der Waals surface area contributed by atoms with Crippen molar-refractivity contribution >= 4 is 60.0 Å². The minimum absolute atomic E-state index is 0.676. The van der Waals surface area contributed by atoms with Gasteiger partial charge in [-0.25, -0.2) is 0 Å². The molecule has 0 aliphatic heterocycles. The van der Waals surface area contributed by atoms with E-state index in [9.17, 15) is 0 Å². The van der Waals surface area contributed by atoms with Gasteiger partial charge in [-0.3, -0.25) is 0 Å². The second kappa shape index (κ2) is 4.59. The zero-order valence-electron chi connectivity index (χ0n) is 5.72.